The van der Waals surface area contributed by atoms with Gasteiger partial charge < -0.3 is 0 Å². The van der Waals surface area contributed by atoms with Gasteiger partial charge in [-0.1, -0.05) is 127 Å². The van der Waals surface area contributed by atoms with Gasteiger partial charge in [-0.2, -0.15) is 0 Å². The lowest BCUT2D eigenvalue weighted by Crippen LogP contribution is -2.90. The van der Waals surface area contributed by atoms with Crippen molar-refractivity contribution in [3.63, 3.8) is 0 Å². The Labute approximate surface area is 178 Å². The fourth-order valence-electron chi connectivity index (χ4n) is 4.97. The zero-order chi connectivity index (χ0) is 21.7. The Hall–Kier alpha value is 0.738. The second kappa shape index (κ2) is 7.77. The molecule has 0 bridgehead atoms. The highest BCUT2D eigenvalue weighted by Crippen LogP contribution is 2.42. The van der Waals surface area contributed by atoms with Gasteiger partial charge in [0.05, 0.1) is 7.59 Å². The molecule has 0 aromatic heterocycles. The van der Waals surface area contributed by atoms with Crippen molar-refractivity contribution in [1.82, 2.24) is 0 Å². The van der Waals surface area contributed by atoms with E-state index >= 15 is 0 Å². The fraction of sp³-hybridized carbons (Fsp3) is 0.700. The SMILES string of the molecule is C[Si](C)[Si](C)(C)[Si](C)(C)[Si](C)(C)[Si](C)(C)[Si](C)(C)[Si](C)(C)c1ccccc1. The van der Waals surface area contributed by atoms with E-state index in [1.54, 1.807) is 5.19 Å². The molecule has 0 unspecified atom stereocenters. The topological polar surface area (TPSA) is 0 Å². The van der Waals surface area contributed by atoms with Crippen molar-refractivity contribution in [2.45, 2.75) is 91.7 Å². The van der Waals surface area contributed by atoms with Gasteiger partial charge in [-0.05, 0) is 0 Å². The van der Waals surface area contributed by atoms with Crippen molar-refractivity contribution in [3.8, 4) is 0 Å². The predicted octanol–water partition coefficient (Wildman–Crippen LogP) is 6.37. The van der Waals surface area contributed by atoms with Crippen LogP contribution in [0.4, 0.5) is 0 Å². The van der Waals surface area contributed by atoms with E-state index in [0.717, 1.165) is 0 Å². The van der Waals surface area contributed by atoms with Crippen LogP contribution < -0.4 is 5.19 Å². The van der Waals surface area contributed by atoms with Crippen LogP contribution in [0.1, 0.15) is 0 Å². The molecule has 7 heteroatoms. The van der Waals surface area contributed by atoms with Crippen LogP contribution in [0.2, 0.25) is 91.7 Å². The zero-order valence-electron chi connectivity index (χ0n) is 20.9. The maximum Gasteiger partial charge on any atom is 0.0711 e. The Balaban J connectivity index is 3.58. The number of benzene rings is 1. The molecular weight excluding hydrogens is 437 g/mol. The van der Waals surface area contributed by atoms with Gasteiger partial charge in [0.15, 0.2) is 0 Å². The van der Waals surface area contributed by atoms with Gasteiger partial charge >= 0.3 is 0 Å². The third-order valence-corrected chi connectivity index (χ3v) is 150. The van der Waals surface area contributed by atoms with Gasteiger partial charge in [-0.15, -0.1) is 0 Å². The van der Waals surface area contributed by atoms with Crippen molar-refractivity contribution < 1.29 is 0 Å². The van der Waals surface area contributed by atoms with E-state index in [4.69, 9.17) is 0 Å². The molecule has 0 saturated heterocycles. The summed E-state index contributed by atoms with van der Waals surface area (Å²) in [5, 5.41) is 1.72. The molecule has 1 radical (unpaired) electrons. The van der Waals surface area contributed by atoms with Crippen LogP contribution in [0, 0.1) is 0 Å². The van der Waals surface area contributed by atoms with E-state index < -0.39 is 43.1 Å². The summed E-state index contributed by atoms with van der Waals surface area (Å²) >= 11 is 0. The Bertz CT molecular complexity index is 644. The molecule has 1 aromatic rings. The molecule has 0 nitrogen and oxygen atoms in total. The molecule has 1 rings (SSSR count). The number of rotatable bonds is 7. The van der Waals surface area contributed by atoms with Crippen molar-refractivity contribution in [2.75, 3.05) is 0 Å². The summed E-state index contributed by atoms with van der Waals surface area (Å²) in [5.74, 6) is 0. The first-order chi connectivity index (χ1) is 11.8. The van der Waals surface area contributed by atoms with Crippen molar-refractivity contribution in [1.29, 1.82) is 0 Å². The van der Waals surface area contributed by atoms with E-state index in [1.807, 2.05) is 0 Å². The monoisotopic (exact) mass is 483 g/mol. The highest BCUT2D eigenvalue weighted by Gasteiger charge is 2.66. The number of hydrogen-bond acceptors (Lipinski definition) is 0. The van der Waals surface area contributed by atoms with Crippen LogP contribution in [0.15, 0.2) is 30.3 Å². The molecule has 1 aromatic carbocycles. The lowest BCUT2D eigenvalue weighted by molar-refractivity contribution is 1.70. The summed E-state index contributed by atoms with van der Waals surface area (Å²) in [6, 6.07) is 11.7. The van der Waals surface area contributed by atoms with Gasteiger partial charge in [0.1, 0.15) is 0 Å². The maximum absolute atomic E-state index is 2.88. The minimum Gasteiger partial charge on any atom is -0.0735 e. The highest BCUT2D eigenvalue weighted by molar-refractivity contribution is 8.00. The second-order valence-electron chi connectivity index (χ2n) is 12.1. The van der Waals surface area contributed by atoms with Crippen LogP contribution in [0.5, 0.6) is 0 Å². The first-order valence-electron chi connectivity index (χ1n) is 10.7. The Morgan fingerprint density at radius 3 is 1.26 bits per heavy atom. The summed E-state index contributed by atoms with van der Waals surface area (Å²) in [6.07, 6.45) is 0. The molecule has 0 atom stereocenters. The molecule has 0 aliphatic heterocycles. The average Bonchev–Trinajstić information content (AvgIpc) is 2.54. The lowest BCUT2D eigenvalue weighted by Gasteiger charge is -2.62. The van der Waals surface area contributed by atoms with E-state index in [1.165, 1.54) is 0 Å². The lowest BCUT2D eigenvalue weighted by atomic mass is 10.4. The molecule has 0 amide bonds. The normalized spacial score (nSPS) is 15.4. The highest BCUT2D eigenvalue weighted by atomic mass is 30.1. The molecule has 0 aliphatic carbocycles. The van der Waals surface area contributed by atoms with Crippen molar-refractivity contribution in [3.05, 3.63) is 30.3 Å². The van der Waals surface area contributed by atoms with Crippen LogP contribution in [-0.2, 0) is 0 Å². The molecule has 0 fully saturated rings. The van der Waals surface area contributed by atoms with Crippen LogP contribution in [-0.4, -0.2) is 51.5 Å². The minimum atomic E-state index is -1.44. The fourth-order valence-corrected chi connectivity index (χ4v) is 184. The van der Waals surface area contributed by atoms with Gasteiger partial charge in [0, 0.05) is 43.9 Å². The standard InChI is InChI=1S/C20H47Si7/c1-21(2)23(5,6)25(9,10)27(13,14)26(11,12)24(7,8)22(3,4)20-18-16-15-17-19-20/h15-19H,1-14H3. The predicted molar refractivity (Wildman–Crippen MR) is 148 cm³/mol. The molecule has 0 spiro atoms. The van der Waals surface area contributed by atoms with Gasteiger partial charge in [-0.25, -0.2) is 0 Å². The molecule has 0 saturated carbocycles. The summed E-state index contributed by atoms with van der Waals surface area (Å²) in [5.41, 5.74) is 0. The number of hydrogen-bond donors (Lipinski definition) is 0. The van der Waals surface area contributed by atoms with E-state index in [9.17, 15) is 0 Å². The molecule has 0 aliphatic rings. The Kier molecular flexibility index (Phi) is 7.42. The van der Waals surface area contributed by atoms with Crippen LogP contribution in [0.25, 0.3) is 0 Å². The molecule has 155 valence electrons. The third kappa shape index (κ3) is 3.79. The Morgan fingerprint density at radius 2 is 0.889 bits per heavy atom. The van der Waals surface area contributed by atoms with Gasteiger partial charge in [0.25, 0.3) is 0 Å². The zero-order valence-corrected chi connectivity index (χ0v) is 27.9. The molecule has 0 N–H and O–H groups in total. The van der Waals surface area contributed by atoms with Crippen LogP contribution >= 0.6 is 0 Å². The summed E-state index contributed by atoms with van der Waals surface area (Å²) in [7, 11) is -7.83. The van der Waals surface area contributed by atoms with Gasteiger partial charge in [-0.3, -0.25) is 0 Å². The van der Waals surface area contributed by atoms with E-state index in [-0.39, 0.29) is 8.31 Å². The third-order valence-electron chi connectivity index (χ3n) is 10.6. The maximum atomic E-state index is 2.88. The average molecular weight is 484 g/mol. The summed E-state index contributed by atoms with van der Waals surface area (Å²) < 4.78 is 0. The second-order valence-corrected chi connectivity index (χ2v) is 85.9. The summed E-state index contributed by atoms with van der Waals surface area (Å²) in [6.45, 7) is 39.2. The molecular formula is C20H47Si7. The van der Waals surface area contributed by atoms with Crippen molar-refractivity contribution in [2.24, 2.45) is 0 Å². The first-order valence-corrected chi connectivity index (χ1v) is 37.2. The molecule has 0 heterocycles. The minimum absolute atomic E-state index is 0.157. The van der Waals surface area contributed by atoms with Crippen molar-refractivity contribution >= 4 is 56.6 Å². The smallest absolute Gasteiger partial charge is 0.0711 e. The first kappa shape index (κ1) is 25.8. The molecule has 27 heavy (non-hydrogen) atoms. The van der Waals surface area contributed by atoms with Gasteiger partial charge in [0.2, 0.25) is 0 Å². The Morgan fingerprint density at radius 1 is 0.519 bits per heavy atom. The summed E-state index contributed by atoms with van der Waals surface area (Å²) in [4.78, 5) is 0. The van der Waals surface area contributed by atoms with E-state index in [0.29, 0.717) is 0 Å². The van der Waals surface area contributed by atoms with Crippen LogP contribution in [0.3, 0.4) is 0 Å². The quantitative estimate of drug-likeness (QED) is 0.395. The largest absolute Gasteiger partial charge is 0.0735 e. The van der Waals surface area contributed by atoms with E-state index in [2.05, 4.69) is 122 Å².